The first kappa shape index (κ1) is 17.0. The summed E-state index contributed by atoms with van der Waals surface area (Å²) in [7, 11) is 1.80. The van der Waals surface area contributed by atoms with Crippen LogP contribution in [-0.4, -0.2) is 37.1 Å². The Kier molecular flexibility index (Phi) is 5.58. The normalized spacial score (nSPS) is 18.0. The number of hydrogen-bond acceptors (Lipinski definition) is 4. The lowest BCUT2D eigenvalue weighted by molar-refractivity contribution is 0.649. The van der Waals surface area contributed by atoms with Gasteiger partial charge in [-0.15, -0.1) is 11.3 Å². The van der Waals surface area contributed by atoms with Gasteiger partial charge >= 0.3 is 0 Å². The fraction of sp³-hybridized carbons (Fsp3) is 0.412. The molecule has 0 aliphatic carbocycles. The third-order valence-corrected chi connectivity index (χ3v) is 5.31. The van der Waals surface area contributed by atoms with Crippen LogP contribution in [0.5, 0.6) is 0 Å². The highest BCUT2D eigenvalue weighted by molar-refractivity contribution is 7.11. The zero-order valence-electron chi connectivity index (χ0n) is 13.9. The number of rotatable bonds is 4. The summed E-state index contributed by atoms with van der Waals surface area (Å²) >= 11 is 8.05. The predicted octanol–water partition coefficient (Wildman–Crippen LogP) is 3.05. The largest absolute Gasteiger partial charge is 0.353 e. The quantitative estimate of drug-likeness (QED) is 0.647. The molecule has 1 aliphatic heterocycles. The van der Waals surface area contributed by atoms with E-state index in [4.69, 9.17) is 11.6 Å². The Balaban J connectivity index is 1.53. The van der Waals surface area contributed by atoms with Gasteiger partial charge in [-0.25, -0.2) is 4.98 Å². The lowest BCUT2D eigenvalue weighted by atomic mass is 10.3. The molecule has 0 saturated carbocycles. The van der Waals surface area contributed by atoms with Gasteiger partial charge in [0.2, 0.25) is 0 Å². The van der Waals surface area contributed by atoms with Crippen LogP contribution >= 0.6 is 22.9 Å². The van der Waals surface area contributed by atoms with E-state index in [-0.39, 0.29) is 0 Å². The van der Waals surface area contributed by atoms with Gasteiger partial charge < -0.3 is 15.5 Å². The first-order valence-corrected chi connectivity index (χ1v) is 9.23. The van der Waals surface area contributed by atoms with Crippen LogP contribution in [0.15, 0.2) is 35.5 Å². The third kappa shape index (κ3) is 4.19. The lowest BCUT2D eigenvalue weighted by Gasteiger charge is -2.20. The summed E-state index contributed by atoms with van der Waals surface area (Å²) in [6.07, 6.45) is 2.82. The molecule has 5 nitrogen and oxygen atoms in total. The molecule has 3 heterocycles. The van der Waals surface area contributed by atoms with Crippen molar-refractivity contribution >= 4 is 34.7 Å². The van der Waals surface area contributed by atoms with Crippen molar-refractivity contribution in [1.82, 2.24) is 15.6 Å². The Morgan fingerprint density at radius 2 is 2.33 bits per heavy atom. The Morgan fingerprint density at radius 1 is 1.46 bits per heavy atom. The molecule has 0 radical (unpaired) electrons. The predicted molar refractivity (Wildman–Crippen MR) is 102 cm³/mol. The molecule has 1 aliphatic rings. The highest BCUT2D eigenvalue weighted by atomic mass is 35.5. The number of aryl methyl sites for hydroxylation is 1. The van der Waals surface area contributed by atoms with Gasteiger partial charge in [-0.1, -0.05) is 11.6 Å². The van der Waals surface area contributed by atoms with E-state index in [0.717, 1.165) is 37.8 Å². The number of halogens is 1. The van der Waals surface area contributed by atoms with E-state index in [1.165, 1.54) is 9.75 Å². The molecule has 7 heteroatoms. The smallest absolute Gasteiger partial charge is 0.191 e. The summed E-state index contributed by atoms with van der Waals surface area (Å²) in [5.41, 5.74) is 0. The van der Waals surface area contributed by atoms with E-state index >= 15 is 0 Å². The molecule has 3 rings (SSSR count). The molecule has 0 amide bonds. The molecule has 2 aromatic rings. The number of aliphatic imine (C=N–C) groups is 1. The first-order chi connectivity index (χ1) is 11.7. The second-order valence-electron chi connectivity index (χ2n) is 5.82. The minimum Gasteiger partial charge on any atom is -0.353 e. The van der Waals surface area contributed by atoms with Crippen molar-refractivity contribution in [3.8, 4) is 0 Å². The molecule has 2 aromatic heterocycles. The van der Waals surface area contributed by atoms with Gasteiger partial charge in [0.1, 0.15) is 5.82 Å². The third-order valence-electron chi connectivity index (χ3n) is 4.02. The van der Waals surface area contributed by atoms with Crippen LogP contribution in [-0.2, 0) is 6.54 Å². The molecule has 1 unspecified atom stereocenters. The summed E-state index contributed by atoms with van der Waals surface area (Å²) in [6, 6.07) is 8.37. The van der Waals surface area contributed by atoms with Crippen molar-refractivity contribution in [2.45, 2.75) is 25.9 Å². The van der Waals surface area contributed by atoms with Crippen molar-refractivity contribution in [3.05, 3.63) is 45.2 Å². The molecule has 0 bridgehead atoms. The van der Waals surface area contributed by atoms with Crippen molar-refractivity contribution in [3.63, 3.8) is 0 Å². The van der Waals surface area contributed by atoms with Crippen LogP contribution < -0.4 is 15.5 Å². The molecule has 1 fully saturated rings. The van der Waals surface area contributed by atoms with Gasteiger partial charge in [-0.3, -0.25) is 4.99 Å². The van der Waals surface area contributed by atoms with Gasteiger partial charge in [-0.2, -0.15) is 0 Å². The number of guanidine groups is 1. The number of hydrogen-bond donors (Lipinski definition) is 2. The number of pyridine rings is 1. The van der Waals surface area contributed by atoms with Gasteiger partial charge in [0, 0.05) is 42.1 Å². The molecule has 0 spiro atoms. The number of aromatic nitrogens is 1. The maximum atomic E-state index is 6.25. The van der Waals surface area contributed by atoms with Gasteiger partial charge in [-0.05, 0) is 37.6 Å². The van der Waals surface area contributed by atoms with Crippen LogP contribution in [0.3, 0.4) is 0 Å². The van der Waals surface area contributed by atoms with Crippen LogP contribution in [0.4, 0.5) is 5.82 Å². The van der Waals surface area contributed by atoms with Crippen molar-refractivity contribution in [2.24, 2.45) is 4.99 Å². The average molecular weight is 364 g/mol. The Morgan fingerprint density at radius 3 is 3.04 bits per heavy atom. The maximum Gasteiger partial charge on any atom is 0.191 e. The van der Waals surface area contributed by atoms with E-state index in [0.29, 0.717) is 11.1 Å². The van der Waals surface area contributed by atoms with Crippen molar-refractivity contribution in [1.29, 1.82) is 0 Å². The minimum absolute atomic E-state index is 0.333. The molecule has 1 saturated heterocycles. The molecule has 128 valence electrons. The standard InChI is InChI=1S/C17H22ClN5S/c1-12-5-6-14(24-12)10-21-17(19-2)22-13-7-9-23(11-13)16-15(18)4-3-8-20-16/h3-6,8,13H,7,9-11H2,1-2H3,(H2,19,21,22). The average Bonchev–Trinajstić information content (AvgIpc) is 3.21. The SMILES string of the molecule is CN=C(NCc1ccc(C)s1)NC1CCN(c2ncccc2Cl)C1. The zero-order chi connectivity index (χ0) is 16.9. The van der Waals surface area contributed by atoms with E-state index in [2.05, 4.69) is 44.6 Å². The number of nitrogens with one attached hydrogen (secondary N) is 2. The van der Waals surface area contributed by atoms with Crippen LogP contribution in [0.1, 0.15) is 16.2 Å². The van der Waals surface area contributed by atoms with Crippen molar-refractivity contribution < 1.29 is 0 Å². The Labute approximate surface area is 151 Å². The highest BCUT2D eigenvalue weighted by Crippen LogP contribution is 2.25. The molecular weight excluding hydrogens is 342 g/mol. The minimum atomic E-state index is 0.333. The summed E-state index contributed by atoms with van der Waals surface area (Å²) < 4.78 is 0. The maximum absolute atomic E-state index is 6.25. The van der Waals surface area contributed by atoms with Gasteiger partial charge in [0.25, 0.3) is 0 Å². The summed E-state index contributed by atoms with van der Waals surface area (Å²) in [6.45, 7) is 4.73. The monoisotopic (exact) mass is 363 g/mol. The van der Waals surface area contributed by atoms with E-state index in [9.17, 15) is 0 Å². The fourth-order valence-electron chi connectivity index (χ4n) is 2.82. The zero-order valence-corrected chi connectivity index (χ0v) is 15.5. The van der Waals surface area contributed by atoms with Crippen LogP contribution in [0.2, 0.25) is 5.02 Å². The topological polar surface area (TPSA) is 52.6 Å². The Hall–Kier alpha value is -1.79. The summed E-state index contributed by atoms with van der Waals surface area (Å²) in [5, 5.41) is 7.58. The van der Waals surface area contributed by atoms with E-state index in [1.807, 2.05) is 12.1 Å². The van der Waals surface area contributed by atoms with Crippen LogP contribution in [0.25, 0.3) is 0 Å². The Bertz CT molecular complexity index is 715. The number of thiophene rings is 1. The highest BCUT2D eigenvalue weighted by Gasteiger charge is 2.25. The first-order valence-electron chi connectivity index (χ1n) is 8.03. The molecular formula is C17H22ClN5S. The molecule has 1 atom stereocenters. The summed E-state index contributed by atoms with van der Waals surface area (Å²) in [4.78, 5) is 13.6. The van der Waals surface area contributed by atoms with Crippen molar-refractivity contribution in [2.75, 3.05) is 25.0 Å². The fourth-order valence-corrected chi connectivity index (χ4v) is 3.89. The second kappa shape index (κ2) is 7.85. The lowest BCUT2D eigenvalue weighted by Crippen LogP contribution is -2.44. The molecule has 24 heavy (non-hydrogen) atoms. The molecule has 0 aromatic carbocycles. The van der Waals surface area contributed by atoms with Crippen LogP contribution in [0, 0.1) is 6.92 Å². The number of nitrogens with zero attached hydrogens (tertiary/aromatic N) is 3. The van der Waals surface area contributed by atoms with Gasteiger partial charge in [0.15, 0.2) is 5.96 Å². The second-order valence-corrected chi connectivity index (χ2v) is 7.60. The van der Waals surface area contributed by atoms with E-state index < -0.39 is 0 Å². The summed E-state index contributed by atoms with van der Waals surface area (Å²) in [5.74, 6) is 1.69. The molecule has 2 N–H and O–H groups in total. The van der Waals surface area contributed by atoms with Gasteiger partial charge in [0.05, 0.1) is 11.6 Å². The van der Waals surface area contributed by atoms with E-state index in [1.54, 1.807) is 24.6 Å². The number of anilines is 1.